The fourth-order valence-corrected chi connectivity index (χ4v) is 2.95. The summed E-state index contributed by atoms with van der Waals surface area (Å²) in [5, 5.41) is 6.09. The zero-order chi connectivity index (χ0) is 21.7. The first-order valence-corrected chi connectivity index (χ1v) is 9.54. The van der Waals surface area contributed by atoms with Gasteiger partial charge in [0.25, 0.3) is 5.91 Å². The number of ether oxygens (including phenoxy) is 2. The minimum absolute atomic E-state index is 0.298. The topological polar surface area (TPSA) is 72.5 Å². The van der Waals surface area contributed by atoms with Crippen molar-refractivity contribution in [3.05, 3.63) is 71.2 Å². The predicted molar refractivity (Wildman–Crippen MR) is 116 cm³/mol. The molecule has 7 heteroatoms. The number of halogens is 1. The van der Waals surface area contributed by atoms with Crippen LogP contribution in [0.25, 0.3) is 0 Å². The first-order chi connectivity index (χ1) is 14.4. The largest absolute Gasteiger partial charge is 0.492 e. The predicted octanol–water partition coefficient (Wildman–Crippen LogP) is 5.24. The summed E-state index contributed by atoms with van der Waals surface area (Å²) in [6.45, 7) is 5.94. The molecule has 30 heavy (non-hydrogen) atoms. The minimum atomic E-state index is -0.395. The second-order valence-corrected chi connectivity index (χ2v) is 6.69. The van der Waals surface area contributed by atoms with Gasteiger partial charge in [0.1, 0.15) is 11.6 Å². The highest BCUT2D eigenvalue weighted by Gasteiger charge is 2.16. The monoisotopic (exact) mass is 409 g/mol. The van der Waals surface area contributed by atoms with Crippen LogP contribution in [0.2, 0.25) is 0 Å². The lowest BCUT2D eigenvalue weighted by molar-refractivity contribution is 0.102. The molecule has 0 bridgehead atoms. The van der Waals surface area contributed by atoms with Crippen LogP contribution in [0.15, 0.2) is 48.5 Å². The van der Waals surface area contributed by atoms with E-state index in [2.05, 4.69) is 15.6 Å². The summed E-state index contributed by atoms with van der Waals surface area (Å²) in [7, 11) is 1.54. The highest BCUT2D eigenvalue weighted by atomic mass is 19.1. The van der Waals surface area contributed by atoms with E-state index in [1.165, 1.54) is 19.2 Å². The summed E-state index contributed by atoms with van der Waals surface area (Å²) in [5.74, 6) is 0.157. The summed E-state index contributed by atoms with van der Waals surface area (Å²) in [5.41, 5.74) is 3.78. The van der Waals surface area contributed by atoms with Gasteiger partial charge in [-0.05, 0) is 56.7 Å². The third-order valence-corrected chi connectivity index (χ3v) is 4.45. The number of aryl methyl sites for hydroxylation is 2. The van der Waals surface area contributed by atoms with Gasteiger partial charge in [-0.25, -0.2) is 9.37 Å². The average Bonchev–Trinajstić information content (AvgIpc) is 2.71. The maximum Gasteiger partial charge on any atom is 0.257 e. The highest BCUT2D eigenvalue weighted by molar-refractivity contribution is 6.08. The molecule has 1 aromatic heterocycles. The molecular formula is C23H24FN3O3. The van der Waals surface area contributed by atoms with Crippen molar-refractivity contribution in [2.45, 2.75) is 20.8 Å². The van der Waals surface area contributed by atoms with Crippen LogP contribution in [0.1, 0.15) is 28.5 Å². The molecule has 0 aliphatic heterocycles. The van der Waals surface area contributed by atoms with Crippen LogP contribution < -0.4 is 20.1 Å². The van der Waals surface area contributed by atoms with Crippen LogP contribution in [0, 0.1) is 19.7 Å². The molecule has 0 unspecified atom stereocenters. The Labute approximate surface area is 175 Å². The van der Waals surface area contributed by atoms with Gasteiger partial charge in [0.2, 0.25) is 5.88 Å². The molecule has 6 nitrogen and oxygen atoms in total. The number of nitrogens with one attached hydrogen (secondary N) is 2. The van der Waals surface area contributed by atoms with E-state index in [1.807, 2.05) is 26.0 Å². The number of hydrogen-bond donors (Lipinski definition) is 2. The molecule has 2 aromatic carbocycles. The molecule has 0 atom stereocenters. The van der Waals surface area contributed by atoms with E-state index in [0.717, 1.165) is 5.56 Å². The lowest BCUT2D eigenvalue weighted by Crippen LogP contribution is -2.15. The van der Waals surface area contributed by atoms with Gasteiger partial charge in [0, 0.05) is 12.1 Å². The second kappa shape index (κ2) is 9.26. The number of aromatic nitrogens is 1. The van der Waals surface area contributed by atoms with Gasteiger partial charge >= 0.3 is 0 Å². The standard InChI is InChI=1S/C23H24FN3O3/c1-5-30-21-13-16(24)7-9-19(21)26-20-12-14(2)6-8-17(20)23(28)27-18-10-11-22(29-4)25-15(18)3/h6-13,26H,5H2,1-4H3,(H,27,28). The third kappa shape index (κ3) is 4.86. The summed E-state index contributed by atoms with van der Waals surface area (Å²) >= 11 is 0. The van der Waals surface area contributed by atoms with Crippen LogP contribution in [-0.2, 0) is 0 Å². The number of benzene rings is 2. The van der Waals surface area contributed by atoms with Crippen LogP contribution in [0.4, 0.5) is 21.5 Å². The zero-order valence-corrected chi connectivity index (χ0v) is 17.4. The molecule has 0 radical (unpaired) electrons. The Hall–Kier alpha value is -3.61. The molecule has 0 aliphatic carbocycles. The Morgan fingerprint density at radius 2 is 1.80 bits per heavy atom. The summed E-state index contributed by atoms with van der Waals surface area (Å²) < 4.78 is 24.3. The molecule has 1 amide bonds. The number of carbonyl (C=O) groups excluding carboxylic acids is 1. The maximum absolute atomic E-state index is 13.6. The molecule has 3 aromatic rings. The van der Waals surface area contributed by atoms with E-state index in [0.29, 0.717) is 46.6 Å². The van der Waals surface area contributed by atoms with Crippen molar-refractivity contribution in [2.24, 2.45) is 0 Å². The smallest absolute Gasteiger partial charge is 0.257 e. The van der Waals surface area contributed by atoms with Crippen molar-refractivity contribution in [1.82, 2.24) is 4.98 Å². The summed E-state index contributed by atoms with van der Waals surface area (Å²) in [6, 6.07) is 13.1. The Morgan fingerprint density at radius 1 is 1.03 bits per heavy atom. The first-order valence-electron chi connectivity index (χ1n) is 9.54. The van der Waals surface area contributed by atoms with Gasteiger partial charge in [0.05, 0.1) is 42.0 Å². The number of anilines is 3. The van der Waals surface area contributed by atoms with Gasteiger partial charge in [-0.2, -0.15) is 0 Å². The van der Waals surface area contributed by atoms with E-state index < -0.39 is 5.82 Å². The molecule has 0 aliphatic rings. The highest BCUT2D eigenvalue weighted by Crippen LogP contribution is 2.31. The number of nitrogens with zero attached hydrogens (tertiary/aromatic N) is 1. The number of methoxy groups -OCH3 is 1. The van der Waals surface area contributed by atoms with E-state index in [-0.39, 0.29) is 5.91 Å². The maximum atomic E-state index is 13.6. The van der Waals surface area contributed by atoms with Crippen molar-refractivity contribution in [3.8, 4) is 11.6 Å². The van der Waals surface area contributed by atoms with Crippen molar-refractivity contribution in [2.75, 3.05) is 24.4 Å². The fourth-order valence-electron chi connectivity index (χ4n) is 2.95. The molecule has 0 fully saturated rings. The Bertz CT molecular complexity index is 1070. The van der Waals surface area contributed by atoms with Gasteiger partial charge < -0.3 is 20.1 Å². The number of hydrogen-bond acceptors (Lipinski definition) is 5. The van der Waals surface area contributed by atoms with Gasteiger partial charge in [0.15, 0.2) is 0 Å². The van der Waals surface area contributed by atoms with E-state index in [4.69, 9.17) is 9.47 Å². The number of pyridine rings is 1. The number of amides is 1. The first kappa shape index (κ1) is 21.1. The molecule has 0 saturated heterocycles. The SMILES string of the molecule is CCOc1cc(F)ccc1Nc1cc(C)ccc1C(=O)Nc1ccc(OC)nc1C. The van der Waals surface area contributed by atoms with Crippen LogP contribution in [0.3, 0.4) is 0 Å². The van der Waals surface area contributed by atoms with E-state index >= 15 is 0 Å². The van der Waals surface area contributed by atoms with Crippen LogP contribution in [0.5, 0.6) is 11.6 Å². The fraction of sp³-hybridized carbons (Fsp3) is 0.217. The molecule has 1 heterocycles. The van der Waals surface area contributed by atoms with Crippen molar-refractivity contribution in [3.63, 3.8) is 0 Å². The Morgan fingerprint density at radius 3 is 2.50 bits per heavy atom. The second-order valence-electron chi connectivity index (χ2n) is 6.69. The Balaban J connectivity index is 1.91. The van der Waals surface area contributed by atoms with Crippen LogP contribution in [-0.4, -0.2) is 24.6 Å². The number of carbonyl (C=O) groups is 1. The molecule has 3 rings (SSSR count). The van der Waals surface area contributed by atoms with Gasteiger partial charge in [-0.1, -0.05) is 6.07 Å². The van der Waals surface area contributed by atoms with Crippen molar-refractivity contribution >= 4 is 23.0 Å². The molecular weight excluding hydrogens is 385 g/mol. The van der Waals surface area contributed by atoms with Gasteiger partial charge in [-0.3, -0.25) is 4.79 Å². The van der Waals surface area contributed by atoms with E-state index in [1.54, 1.807) is 31.2 Å². The Kier molecular flexibility index (Phi) is 6.51. The number of rotatable bonds is 7. The quantitative estimate of drug-likeness (QED) is 0.558. The van der Waals surface area contributed by atoms with E-state index in [9.17, 15) is 9.18 Å². The third-order valence-electron chi connectivity index (χ3n) is 4.45. The molecule has 156 valence electrons. The van der Waals surface area contributed by atoms with Crippen LogP contribution >= 0.6 is 0 Å². The average molecular weight is 409 g/mol. The molecule has 0 saturated carbocycles. The van der Waals surface area contributed by atoms with Crippen molar-refractivity contribution < 1.29 is 18.7 Å². The van der Waals surface area contributed by atoms with Crippen molar-refractivity contribution in [1.29, 1.82) is 0 Å². The van der Waals surface area contributed by atoms with Gasteiger partial charge in [-0.15, -0.1) is 0 Å². The zero-order valence-electron chi connectivity index (χ0n) is 17.4. The minimum Gasteiger partial charge on any atom is -0.492 e. The molecule has 2 N–H and O–H groups in total. The lowest BCUT2D eigenvalue weighted by Gasteiger charge is -2.16. The lowest BCUT2D eigenvalue weighted by atomic mass is 10.1. The molecule has 0 spiro atoms. The summed E-state index contributed by atoms with van der Waals surface area (Å²) in [6.07, 6.45) is 0. The summed E-state index contributed by atoms with van der Waals surface area (Å²) in [4.78, 5) is 17.3. The normalized spacial score (nSPS) is 10.4.